The van der Waals surface area contributed by atoms with Gasteiger partial charge in [0.1, 0.15) is 11.9 Å². The summed E-state index contributed by atoms with van der Waals surface area (Å²) in [6.07, 6.45) is -4.66. The van der Waals surface area contributed by atoms with Crippen molar-refractivity contribution in [1.29, 1.82) is 0 Å². The van der Waals surface area contributed by atoms with Crippen LogP contribution in [0.4, 0.5) is 19.0 Å². The molecule has 1 aromatic heterocycles. The minimum atomic E-state index is -4.44. The molecular weight excluding hydrogens is 321 g/mol. The van der Waals surface area contributed by atoms with Gasteiger partial charge in [0.25, 0.3) is 0 Å². The summed E-state index contributed by atoms with van der Waals surface area (Å²) in [5.41, 5.74) is 1.08. The zero-order valence-corrected chi connectivity index (χ0v) is 13.2. The van der Waals surface area contributed by atoms with Crippen LogP contribution in [0.5, 0.6) is 0 Å². The van der Waals surface area contributed by atoms with Gasteiger partial charge in [-0.15, -0.1) is 0 Å². The van der Waals surface area contributed by atoms with Gasteiger partial charge in [-0.2, -0.15) is 13.2 Å². The maximum absolute atomic E-state index is 13.3. The second kappa shape index (κ2) is 7.33. The number of carbonyl (C=O) groups excluding carboxylic acids is 1. The minimum absolute atomic E-state index is 0.0541. The Labute approximate surface area is 137 Å². The lowest BCUT2D eigenvalue weighted by Gasteiger charge is -2.22. The normalized spacial score (nSPS) is 12.5. The number of anilines is 1. The van der Waals surface area contributed by atoms with Crippen LogP contribution in [0.25, 0.3) is 0 Å². The fourth-order valence-electron chi connectivity index (χ4n) is 2.24. The Morgan fingerprint density at radius 3 is 2.42 bits per heavy atom. The molecule has 0 radical (unpaired) electrons. The van der Waals surface area contributed by atoms with E-state index in [0.29, 0.717) is 11.3 Å². The van der Waals surface area contributed by atoms with E-state index in [1.165, 1.54) is 26.2 Å². The topological polar surface area (TPSA) is 51.2 Å². The summed E-state index contributed by atoms with van der Waals surface area (Å²) in [6.45, 7) is 1.54. The average Bonchev–Trinajstić information content (AvgIpc) is 2.54. The largest absolute Gasteiger partial charge is 0.465 e. The van der Waals surface area contributed by atoms with Gasteiger partial charge in [-0.25, -0.2) is 9.78 Å². The van der Waals surface area contributed by atoms with Gasteiger partial charge in [-0.05, 0) is 24.6 Å². The molecule has 0 bridgehead atoms. The summed E-state index contributed by atoms with van der Waals surface area (Å²) in [7, 11) is 1.23. The zero-order chi connectivity index (χ0) is 17.7. The molecule has 24 heavy (non-hydrogen) atoms. The average molecular weight is 338 g/mol. The molecule has 0 aliphatic carbocycles. The summed E-state index contributed by atoms with van der Waals surface area (Å²) in [5.74, 6) is -0.526. The number of aryl methyl sites for hydroxylation is 1. The summed E-state index contributed by atoms with van der Waals surface area (Å²) < 4.78 is 44.5. The van der Waals surface area contributed by atoms with Crippen molar-refractivity contribution in [1.82, 2.24) is 4.98 Å². The van der Waals surface area contributed by atoms with Crippen molar-refractivity contribution >= 4 is 11.8 Å². The molecule has 7 heteroatoms. The third kappa shape index (κ3) is 4.47. The number of carbonyl (C=O) groups is 1. The van der Waals surface area contributed by atoms with Crippen LogP contribution in [-0.4, -0.2) is 30.3 Å². The van der Waals surface area contributed by atoms with Crippen LogP contribution in [0.15, 0.2) is 42.5 Å². The van der Waals surface area contributed by atoms with Crippen molar-refractivity contribution < 1.29 is 22.7 Å². The zero-order valence-electron chi connectivity index (χ0n) is 13.2. The molecule has 1 N–H and O–H groups in total. The van der Waals surface area contributed by atoms with Gasteiger partial charge in [0.05, 0.1) is 18.4 Å². The summed E-state index contributed by atoms with van der Waals surface area (Å²) >= 11 is 0. The number of nitrogens with one attached hydrogen (secondary N) is 1. The fraction of sp³-hybridized carbons (Fsp3) is 0.294. The number of benzene rings is 1. The molecule has 0 fully saturated rings. The lowest BCUT2D eigenvalue weighted by atomic mass is 10.1. The highest BCUT2D eigenvalue weighted by Crippen LogP contribution is 2.26. The predicted molar refractivity (Wildman–Crippen MR) is 83.9 cm³/mol. The van der Waals surface area contributed by atoms with Gasteiger partial charge in [0.15, 0.2) is 0 Å². The number of alkyl halides is 3. The second-order valence-corrected chi connectivity index (χ2v) is 5.25. The molecule has 1 heterocycles. The van der Waals surface area contributed by atoms with E-state index in [9.17, 15) is 18.0 Å². The number of ether oxygens (including phenoxy) is 1. The van der Waals surface area contributed by atoms with Gasteiger partial charge in [0, 0.05) is 6.42 Å². The van der Waals surface area contributed by atoms with Crippen LogP contribution in [0.2, 0.25) is 0 Å². The monoisotopic (exact) mass is 338 g/mol. The molecule has 128 valence electrons. The molecular formula is C17H17F3N2O2. The molecule has 0 saturated carbocycles. The van der Waals surface area contributed by atoms with E-state index < -0.39 is 18.2 Å². The SMILES string of the molecule is COC(=O)c1ccc(NC(Cc2ccccc2)C(F)(F)F)nc1C. The van der Waals surface area contributed by atoms with E-state index in [1.54, 1.807) is 30.3 Å². The summed E-state index contributed by atoms with van der Waals surface area (Å²) in [5, 5.41) is 2.40. The molecule has 0 saturated heterocycles. The van der Waals surface area contributed by atoms with Crippen molar-refractivity contribution in [3.63, 3.8) is 0 Å². The smallest absolute Gasteiger partial charge is 0.408 e. The van der Waals surface area contributed by atoms with Crippen LogP contribution in [0.3, 0.4) is 0 Å². The number of pyridine rings is 1. The van der Waals surface area contributed by atoms with Crippen LogP contribution in [0.1, 0.15) is 21.6 Å². The molecule has 0 aliphatic heterocycles. The number of hydrogen-bond acceptors (Lipinski definition) is 4. The van der Waals surface area contributed by atoms with Gasteiger partial charge in [0.2, 0.25) is 0 Å². The third-order valence-corrected chi connectivity index (χ3v) is 3.49. The van der Waals surface area contributed by atoms with Crippen LogP contribution < -0.4 is 5.32 Å². The Hall–Kier alpha value is -2.57. The van der Waals surface area contributed by atoms with E-state index >= 15 is 0 Å². The van der Waals surface area contributed by atoms with Crippen LogP contribution >= 0.6 is 0 Å². The first-order valence-corrected chi connectivity index (χ1v) is 7.24. The van der Waals surface area contributed by atoms with Crippen molar-refractivity contribution in [2.75, 3.05) is 12.4 Å². The van der Waals surface area contributed by atoms with Crippen molar-refractivity contribution in [3.8, 4) is 0 Å². The van der Waals surface area contributed by atoms with Crippen LogP contribution in [-0.2, 0) is 11.2 Å². The Bertz CT molecular complexity index is 703. The Morgan fingerprint density at radius 1 is 1.21 bits per heavy atom. The standard InChI is InChI=1S/C17H17F3N2O2/c1-11-13(16(23)24-2)8-9-15(21-11)22-14(17(18,19)20)10-12-6-4-3-5-7-12/h3-9,14H,10H2,1-2H3,(H,21,22). The van der Waals surface area contributed by atoms with E-state index in [0.717, 1.165) is 0 Å². The maximum atomic E-state index is 13.3. The summed E-state index contributed by atoms with van der Waals surface area (Å²) in [4.78, 5) is 15.5. The number of aromatic nitrogens is 1. The van der Waals surface area contributed by atoms with Gasteiger partial charge < -0.3 is 10.1 Å². The number of halogens is 3. The highest BCUT2D eigenvalue weighted by Gasteiger charge is 2.39. The molecule has 2 aromatic rings. The Balaban J connectivity index is 2.21. The lowest BCUT2D eigenvalue weighted by Crippen LogP contribution is -2.38. The van der Waals surface area contributed by atoms with Gasteiger partial charge in [-0.3, -0.25) is 0 Å². The molecule has 1 aromatic carbocycles. The van der Waals surface area contributed by atoms with Gasteiger partial charge >= 0.3 is 12.1 Å². The first-order valence-electron chi connectivity index (χ1n) is 7.24. The van der Waals surface area contributed by atoms with E-state index in [1.807, 2.05) is 0 Å². The molecule has 0 spiro atoms. The fourth-order valence-corrected chi connectivity index (χ4v) is 2.24. The number of nitrogens with zero attached hydrogens (tertiary/aromatic N) is 1. The molecule has 0 aliphatic rings. The molecule has 1 unspecified atom stereocenters. The van der Waals surface area contributed by atoms with E-state index in [-0.39, 0.29) is 17.8 Å². The second-order valence-electron chi connectivity index (χ2n) is 5.25. The molecule has 4 nitrogen and oxygen atoms in total. The molecule has 0 amide bonds. The Morgan fingerprint density at radius 2 is 1.88 bits per heavy atom. The molecule has 1 atom stereocenters. The highest BCUT2D eigenvalue weighted by molar-refractivity contribution is 5.90. The number of hydrogen-bond donors (Lipinski definition) is 1. The summed E-state index contributed by atoms with van der Waals surface area (Å²) in [6, 6.07) is 9.35. The maximum Gasteiger partial charge on any atom is 0.408 e. The van der Waals surface area contributed by atoms with Crippen LogP contribution in [0, 0.1) is 6.92 Å². The van der Waals surface area contributed by atoms with E-state index in [2.05, 4.69) is 15.0 Å². The third-order valence-electron chi connectivity index (χ3n) is 3.49. The van der Waals surface area contributed by atoms with Crippen molar-refractivity contribution in [3.05, 3.63) is 59.3 Å². The number of methoxy groups -OCH3 is 1. The lowest BCUT2D eigenvalue weighted by molar-refractivity contribution is -0.142. The molecule has 2 rings (SSSR count). The predicted octanol–water partition coefficient (Wildman–Crippen LogP) is 3.76. The quantitative estimate of drug-likeness (QED) is 0.844. The van der Waals surface area contributed by atoms with E-state index in [4.69, 9.17) is 0 Å². The van der Waals surface area contributed by atoms with Gasteiger partial charge in [-0.1, -0.05) is 30.3 Å². The first kappa shape index (κ1) is 17.8. The number of rotatable bonds is 5. The number of esters is 1. The van der Waals surface area contributed by atoms with Crippen molar-refractivity contribution in [2.45, 2.75) is 25.6 Å². The minimum Gasteiger partial charge on any atom is -0.465 e. The Kier molecular flexibility index (Phi) is 5.43. The van der Waals surface area contributed by atoms with Crippen molar-refractivity contribution in [2.24, 2.45) is 0 Å². The first-order chi connectivity index (χ1) is 11.3. The highest BCUT2D eigenvalue weighted by atomic mass is 19.4.